The number of nitrogens with zero attached hydrogens (tertiary/aromatic N) is 1. The Labute approximate surface area is 172 Å². The number of likely N-dealkylation sites (tertiary alicyclic amines) is 1. The average molecular weight is 414 g/mol. The van der Waals surface area contributed by atoms with E-state index in [-0.39, 0.29) is 23.8 Å². The summed E-state index contributed by atoms with van der Waals surface area (Å²) in [4.78, 5) is 14.9. The summed E-state index contributed by atoms with van der Waals surface area (Å²) in [5.41, 5.74) is 0.00371. The molecule has 1 aromatic rings. The normalized spacial score (nSPS) is 17.6. The van der Waals surface area contributed by atoms with Gasteiger partial charge in [0.2, 0.25) is 5.91 Å². The van der Waals surface area contributed by atoms with Gasteiger partial charge in [0.15, 0.2) is 0 Å². The molecule has 0 radical (unpaired) electrons. The van der Waals surface area contributed by atoms with E-state index in [9.17, 15) is 18.0 Å². The zero-order chi connectivity index (χ0) is 21.6. The molecule has 0 bridgehead atoms. The van der Waals surface area contributed by atoms with Gasteiger partial charge < -0.3 is 15.5 Å². The number of amides is 1. The minimum absolute atomic E-state index is 0.0647. The fourth-order valence-electron chi connectivity index (χ4n) is 3.71. The summed E-state index contributed by atoms with van der Waals surface area (Å²) in [6.07, 6.45) is -1.83. The zero-order valence-electron chi connectivity index (χ0n) is 17.9. The quantitative estimate of drug-likeness (QED) is 0.645. The lowest BCUT2D eigenvalue weighted by Crippen LogP contribution is -2.43. The van der Waals surface area contributed by atoms with Crippen LogP contribution in [0.5, 0.6) is 0 Å². The molecule has 0 unspecified atom stereocenters. The predicted octanol–water partition coefficient (Wildman–Crippen LogP) is 4.77. The number of halogens is 3. The fourth-order valence-corrected chi connectivity index (χ4v) is 3.71. The Morgan fingerprint density at radius 3 is 2.17 bits per heavy atom. The zero-order valence-corrected chi connectivity index (χ0v) is 17.9. The number of hydrogen-bond acceptors (Lipinski definition) is 3. The predicted molar refractivity (Wildman–Crippen MR) is 111 cm³/mol. The van der Waals surface area contributed by atoms with Crippen LogP contribution in [0.25, 0.3) is 0 Å². The van der Waals surface area contributed by atoms with Crippen LogP contribution in [0.15, 0.2) is 24.3 Å². The Morgan fingerprint density at radius 1 is 1.10 bits per heavy atom. The first-order chi connectivity index (χ1) is 13.6. The lowest BCUT2D eigenvalue weighted by molar-refractivity contribution is -0.137. The molecule has 29 heavy (non-hydrogen) atoms. The highest BCUT2D eigenvalue weighted by atomic mass is 19.4. The number of hydrogen-bond donors (Lipinski definition) is 2. The van der Waals surface area contributed by atoms with Gasteiger partial charge in [-0.3, -0.25) is 4.79 Å². The smallest absolute Gasteiger partial charge is 0.382 e. The number of nitrogens with one attached hydrogen (secondary N) is 2. The lowest BCUT2D eigenvalue weighted by atomic mass is 9.95. The Bertz CT molecular complexity index is 636. The van der Waals surface area contributed by atoms with Crippen LogP contribution >= 0.6 is 0 Å². The van der Waals surface area contributed by atoms with Gasteiger partial charge >= 0.3 is 6.18 Å². The van der Waals surface area contributed by atoms with Crippen molar-refractivity contribution in [3.63, 3.8) is 0 Å². The van der Waals surface area contributed by atoms with Crippen LogP contribution in [-0.2, 0) is 11.0 Å². The van der Waals surface area contributed by atoms with E-state index in [2.05, 4.69) is 43.2 Å². The number of rotatable bonds is 8. The summed E-state index contributed by atoms with van der Waals surface area (Å²) in [7, 11) is 0. The molecule has 0 aromatic heterocycles. The van der Waals surface area contributed by atoms with Crippen LogP contribution < -0.4 is 10.6 Å². The van der Waals surface area contributed by atoms with Gasteiger partial charge in [-0.1, -0.05) is 13.8 Å². The van der Waals surface area contributed by atoms with Crippen molar-refractivity contribution >= 4 is 11.6 Å². The first-order valence-electron chi connectivity index (χ1n) is 10.5. The first-order valence-corrected chi connectivity index (χ1v) is 10.5. The molecule has 1 aromatic carbocycles. The van der Waals surface area contributed by atoms with Gasteiger partial charge in [0.05, 0.1) is 5.56 Å². The summed E-state index contributed by atoms with van der Waals surface area (Å²) >= 11 is 0. The van der Waals surface area contributed by atoms with Crippen molar-refractivity contribution in [3.8, 4) is 0 Å². The molecular weight excluding hydrogens is 379 g/mol. The van der Waals surface area contributed by atoms with Gasteiger partial charge in [0.25, 0.3) is 0 Å². The maximum Gasteiger partial charge on any atom is 0.416 e. The SMILES string of the molecule is CC(C)[C@H](CCNC(=O)C1CCN(C(C)C)CC1)Nc1ccc(C(F)(F)F)cc1. The van der Waals surface area contributed by atoms with Gasteiger partial charge in [-0.2, -0.15) is 13.2 Å². The van der Waals surface area contributed by atoms with E-state index in [0.717, 1.165) is 44.5 Å². The van der Waals surface area contributed by atoms with Crippen molar-refractivity contribution in [2.24, 2.45) is 11.8 Å². The maximum atomic E-state index is 12.7. The highest BCUT2D eigenvalue weighted by molar-refractivity contribution is 5.78. The number of anilines is 1. The molecule has 7 heteroatoms. The number of alkyl halides is 3. The Kier molecular flexibility index (Phi) is 8.37. The van der Waals surface area contributed by atoms with E-state index in [1.807, 2.05) is 0 Å². The third kappa shape index (κ3) is 7.21. The van der Waals surface area contributed by atoms with Crippen LogP contribution in [-0.4, -0.2) is 42.5 Å². The van der Waals surface area contributed by atoms with Gasteiger partial charge in [0.1, 0.15) is 0 Å². The summed E-state index contributed by atoms with van der Waals surface area (Å²) in [5.74, 6) is 0.472. The van der Waals surface area contributed by atoms with Gasteiger partial charge in [0, 0.05) is 30.2 Å². The molecule has 1 saturated heterocycles. The number of carbonyl (C=O) groups is 1. The Hall–Kier alpha value is -1.76. The lowest BCUT2D eigenvalue weighted by Gasteiger charge is -2.34. The van der Waals surface area contributed by atoms with E-state index in [4.69, 9.17) is 0 Å². The molecule has 1 heterocycles. The van der Waals surface area contributed by atoms with Gasteiger partial charge in [-0.05, 0) is 76.4 Å². The molecular formula is C22H34F3N3O. The maximum absolute atomic E-state index is 12.7. The minimum Gasteiger partial charge on any atom is -0.382 e. The van der Waals surface area contributed by atoms with E-state index in [1.54, 1.807) is 0 Å². The molecule has 0 aliphatic carbocycles. The van der Waals surface area contributed by atoms with Crippen LogP contribution in [0, 0.1) is 11.8 Å². The third-order valence-electron chi connectivity index (χ3n) is 5.75. The standard InChI is InChI=1S/C22H34F3N3O/c1-15(2)20(27-19-7-5-18(6-8-19)22(23,24)25)9-12-26-21(29)17-10-13-28(14-11-17)16(3)4/h5-8,15-17,20,27H,9-14H2,1-4H3,(H,26,29)/t20-/m0/s1. The Balaban J connectivity index is 1.80. The monoisotopic (exact) mass is 413 g/mol. The van der Waals surface area contributed by atoms with Gasteiger partial charge in [-0.25, -0.2) is 0 Å². The molecule has 4 nitrogen and oxygen atoms in total. The first kappa shape index (κ1) is 23.5. The second-order valence-electron chi connectivity index (χ2n) is 8.55. The van der Waals surface area contributed by atoms with Crippen LogP contribution in [0.1, 0.15) is 52.5 Å². The Morgan fingerprint density at radius 2 is 1.69 bits per heavy atom. The molecule has 0 spiro atoms. The van der Waals surface area contributed by atoms with Crippen LogP contribution in [0.2, 0.25) is 0 Å². The van der Waals surface area contributed by atoms with Gasteiger partial charge in [-0.15, -0.1) is 0 Å². The molecule has 0 saturated carbocycles. The average Bonchev–Trinajstić information content (AvgIpc) is 2.66. The summed E-state index contributed by atoms with van der Waals surface area (Å²) in [6.45, 7) is 10.9. The molecule has 164 valence electrons. The van der Waals surface area contributed by atoms with Crippen molar-refractivity contribution in [1.29, 1.82) is 0 Å². The highest BCUT2D eigenvalue weighted by Gasteiger charge is 2.30. The topological polar surface area (TPSA) is 44.4 Å². The number of carbonyl (C=O) groups excluding carboxylic acids is 1. The van der Waals surface area contributed by atoms with E-state index in [1.165, 1.54) is 12.1 Å². The third-order valence-corrected chi connectivity index (χ3v) is 5.75. The number of piperidine rings is 1. The van der Waals surface area contributed by atoms with Crippen molar-refractivity contribution in [1.82, 2.24) is 10.2 Å². The minimum atomic E-state index is -4.33. The van der Waals surface area contributed by atoms with Crippen LogP contribution in [0.3, 0.4) is 0 Å². The van der Waals surface area contributed by atoms with E-state index >= 15 is 0 Å². The molecule has 1 atom stereocenters. The van der Waals surface area contributed by atoms with Crippen molar-refractivity contribution in [2.75, 3.05) is 25.0 Å². The fraction of sp³-hybridized carbons (Fsp3) is 0.682. The second-order valence-corrected chi connectivity index (χ2v) is 8.55. The molecule has 1 aliphatic rings. The molecule has 2 N–H and O–H groups in total. The van der Waals surface area contributed by atoms with E-state index < -0.39 is 11.7 Å². The van der Waals surface area contributed by atoms with Crippen LogP contribution in [0.4, 0.5) is 18.9 Å². The van der Waals surface area contributed by atoms with Crippen molar-refractivity contribution in [2.45, 2.75) is 65.2 Å². The van der Waals surface area contributed by atoms with Crippen molar-refractivity contribution in [3.05, 3.63) is 29.8 Å². The molecule has 1 aliphatic heterocycles. The molecule has 1 amide bonds. The van der Waals surface area contributed by atoms with Crippen molar-refractivity contribution < 1.29 is 18.0 Å². The highest BCUT2D eigenvalue weighted by Crippen LogP contribution is 2.30. The summed E-state index contributed by atoms with van der Waals surface area (Å²) in [6, 6.07) is 5.67. The molecule has 1 fully saturated rings. The summed E-state index contributed by atoms with van der Waals surface area (Å²) in [5, 5.41) is 6.35. The summed E-state index contributed by atoms with van der Waals surface area (Å²) < 4.78 is 38.1. The molecule has 2 rings (SSSR count). The second kappa shape index (κ2) is 10.3. The van der Waals surface area contributed by atoms with E-state index in [0.29, 0.717) is 18.3 Å². The number of benzene rings is 1. The largest absolute Gasteiger partial charge is 0.416 e.